The number of nitrogens with zero attached hydrogens (tertiary/aromatic N) is 1. The molecule has 162 valence electrons. The minimum Gasteiger partial charge on any atom is -0.455 e. The number of hydrogen-bond donors (Lipinski definition) is 0. The molecule has 0 aliphatic carbocycles. The van der Waals surface area contributed by atoms with Crippen molar-refractivity contribution >= 4 is 27.1 Å². The fraction of sp³-hybridized carbons (Fsp3) is 0.160. The molecular formula is C25H21NO4S2. The first-order valence-electron chi connectivity index (χ1n) is 10.3. The van der Waals surface area contributed by atoms with Crippen LogP contribution in [0.25, 0.3) is 0 Å². The van der Waals surface area contributed by atoms with Crippen molar-refractivity contribution in [2.75, 3.05) is 6.54 Å². The number of furan rings is 1. The van der Waals surface area contributed by atoms with E-state index in [-0.39, 0.29) is 34.1 Å². The Morgan fingerprint density at radius 3 is 2.44 bits per heavy atom. The van der Waals surface area contributed by atoms with Gasteiger partial charge in [-0.25, -0.2) is 8.42 Å². The molecule has 2 aromatic carbocycles. The van der Waals surface area contributed by atoms with Crippen molar-refractivity contribution in [3.05, 3.63) is 112 Å². The normalized spacial score (nSPS) is 16.0. The van der Waals surface area contributed by atoms with E-state index in [1.807, 2.05) is 35.2 Å². The molecule has 4 aromatic rings. The molecule has 0 saturated heterocycles. The summed E-state index contributed by atoms with van der Waals surface area (Å²) in [5, 5.41) is 2.06. The van der Waals surface area contributed by atoms with Gasteiger partial charge in [-0.2, -0.15) is 0 Å². The van der Waals surface area contributed by atoms with Crippen LogP contribution in [-0.4, -0.2) is 25.8 Å². The van der Waals surface area contributed by atoms with Gasteiger partial charge in [0, 0.05) is 11.4 Å². The highest BCUT2D eigenvalue weighted by Gasteiger charge is 2.34. The third-order valence-corrected chi connectivity index (χ3v) is 8.30. The van der Waals surface area contributed by atoms with Gasteiger partial charge in [-0.1, -0.05) is 48.5 Å². The Bertz CT molecular complexity index is 1340. The van der Waals surface area contributed by atoms with Gasteiger partial charge in [0.1, 0.15) is 11.5 Å². The Kier molecular flexibility index (Phi) is 5.45. The molecule has 2 aromatic heterocycles. The van der Waals surface area contributed by atoms with Crippen LogP contribution in [0.3, 0.4) is 0 Å². The van der Waals surface area contributed by atoms with E-state index in [9.17, 15) is 13.2 Å². The maximum Gasteiger partial charge on any atom is 0.290 e. The molecule has 1 unspecified atom stereocenters. The lowest BCUT2D eigenvalue weighted by Crippen LogP contribution is -2.39. The number of carbonyl (C=O) groups excluding carboxylic acids is 1. The van der Waals surface area contributed by atoms with Gasteiger partial charge in [0.15, 0.2) is 15.6 Å². The molecule has 0 bridgehead atoms. The fourth-order valence-electron chi connectivity index (χ4n) is 4.14. The summed E-state index contributed by atoms with van der Waals surface area (Å²) in [5.41, 5.74) is 2.18. The summed E-state index contributed by atoms with van der Waals surface area (Å²) < 4.78 is 31.1. The molecule has 0 fully saturated rings. The predicted octanol–water partition coefficient (Wildman–Crippen LogP) is 5.10. The molecule has 5 nitrogen and oxygen atoms in total. The topological polar surface area (TPSA) is 67.6 Å². The smallest absolute Gasteiger partial charge is 0.290 e. The number of carbonyl (C=O) groups is 1. The summed E-state index contributed by atoms with van der Waals surface area (Å²) >= 11 is 1.71. The predicted molar refractivity (Wildman–Crippen MR) is 123 cm³/mol. The molecular weight excluding hydrogens is 442 g/mol. The first kappa shape index (κ1) is 20.7. The van der Waals surface area contributed by atoms with E-state index in [4.69, 9.17) is 4.42 Å². The van der Waals surface area contributed by atoms with Gasteiger partial charge in [0.25, 0.3) is 5.91 Å². The third kappa shape index (κ3) is 3.89. The van der Waals surface area contributed by atoms with Crippen LogP contribution < -0.4 is 0 Å². The highest BCUT2D eigenvalue weighted by atomic mass is 32.2. The van der Waals surface area contributed by atoms with E-state index < -0.39 is 9.84 Å². The monoisotopic (exact) mass is 463 g/mol. The summed E-state index contributed by atoms with van der Waals surface area (Å²) in [6.07, 6.45) is 0.790. The second kappa shape index (κ2) is 8.41. The first-order valence-corrected chi connectivity index (χ1v) is 12.8. The second-order valence-corrected chi connectivity index (χ2v) is 10.7. The Morgan fingerprint density at radius 2 is 1.69 bits per heavy atom. The van der Waals surface area contributed by atoms with E-state index in [1.165, 1.54) is 4.88 Å². The standard InChI is InChI=1S/C25H21NO4S2/c27-25(22-12-11-19(30-22)17-32(28,29)20-9-5-2-6-10-20)26-15-13-23-21(14-16-31-23)24(26)18-7-3-1-4-8-18/h1-12,14,16,24H,13,15,17H2. The van der Waals surface area contributed by atoms with Crippen molar-refractivity contribution in [1.29, 1.82) is 0 Å². The highest BCUT2D eigenvalue weighted by molar-refractivity contribution is 7.90. The van der Waals surface area contributed by atoms with Crippen LogP contribution in [-0.2, 0) is 22.0 Å². The number of rotatable bonds is 5. The van der Waals surface area contributed by atoms with Gasteiger partial charge in [0.05, 0.1) is 10.9 Å². The molecule has 0 spiro atoms. The van der Waals surface area contributed by atoms with Crippen LogP contribution in [0, 0.1) is 0 Å². The van der Waals surface area contributed by atoms with Crippen LogP contribution >= 0.6 is 11.3 Å². The largest absolute Gasteiger partial charge is 0.455 e. The molecule has 0 N–H and O–H groups in total. The summed E-state index contributed by atoms with van der Waals surface area (Å²) in [7, 11) is -3.55. The van der Waals surface area contributed by atoms with Gasteiger partial charge in [0.2, 0.25) is 0 Å². The van der Waals surface area contributed by atoms with Gasteiger partial charge in [-0.15, -0.1) is 11.3 Å². The quantitative estimate of drug-likeness (QED) is 0.413. The van der Waals surface area contributed by atoms with E-state index >= 15 is 0 Å². The van der Waals surface area contributed by atoms with Crippen molar-refractivity contribution in [2.24, 2.45) is 0 Å². The van der Waals surface area contributed by atoms with E-state index in [1.54, 1.807) is 53.8 Å². The first-order chi connectivity index (χ1) is 15.5. The van der Waals surface area contributed by atoms with Crippen molar-refractivity contribution < 1.29 is 17.6 Å². The van der Waals surface area contributed by atoms with Gasteiger partial charge in [-0.3, -0.25) is 4.79 Å². The Balaban J connectivity index is 1.43. The summed E-state index contributed by atoms with van der Waals surface area (Å²) in [4.78, 5) is 16.8. The van der Waals surface area contributed by atoms with Gasteiger partial charge >= 0.3 is 0 Å². The van der Waals surface area contributed by atoms with Crippen molar-refractivity contribution in [3.63, 3.8) is 0 Å². The lowest BCUT2D eigenvalue weighted by atomic mass is 9.93. The van der Waals surface area contributed by atoms with Gasteiger partial charge < -0.3 is 9.32 Å². The Hall–Kier alpha value is -3.16. The molecule has 1 atom stereocenters. The van der Waals surface area contributed by atoms with E-state index in [0.29, 0.717) is 6.54 Å². The lowest BCUT2D eigenvalue weighted by molar-refractivity contribution is 0.0662. The van der Waals surface area contributed by atoms with E-state index in [0.717, 1.165) is 17.5 Å². The van der Waals surface area contributed by atoms with Crippen LogP contribution in [0.4, 0.5) is 0 Å². The van der Waals surface area contributed by atoms with Crippen molar-refractivity contribution in [1.82, 2.24) is 4.90 Å². The average molecular weight is 464 g/mol. The average Bonchev–Trinajstić information content (AvgIpc) is 3.48. The Morgan fingerprint density at radius 1 is 0.969 bits per heavy atom. The molecule has 1 aliphatic heterocycles. The number of sulfone groups is 1. The number of fused-ring (bicyclic) bond motifs is 1. The van der Waals surface area contributed by atoms with Crippen LogP contribution in [0.1, 0.15) is 38.4 Å². The molecule has 1 amide bonds. The maximum atomic E-state index is 13.5. The molecule has 3 heterocycles. The molecule has 1 aliphatic rings. The molecule has 0 radical (unpaired) electrons. The van der Waals surface area contributed by atoms with Crippen molar-refractivity contribution in [2.45, 2.75) is 23.1 Å². The molecule has 5 rings (SSSR count). The fourth-order valence-corrected chi connectivity index (χ4v) is 6.31. The summed E-state index contributed by atoms with van der Waals surface area (Å²) in [6.45, 7) is 0.574. The van der Waals surface area contributed by atoms with E-state index in [2.05, 4.69) is 11.4 Å². The second-order valence-electron chi connectivity index (χ2n) is 7.70. The number of thiophene rings is 1. The SMILES string of the molecule is O=C(c1ccc(CS(=O)(=O)c2ccccc2)o1)N1CCc2sccc2C1c1ccccc1. The molecule has 32 heavy (non-hydrogen) atoms. The zero-order valence-electron chi connectivity index (χ0n) is 17.2. The van der Waals surface area contributed by atoms with Crippen LogP contribution in [0.2, 0.25) is 0 Å². The Labute approximate surface area is 190 Å². The number of hydrogen-bond acceptors (Lipinski definition) is 5. The van der Waals surface area contributed by atoms with Crippen LogP contribution in [0.15, 0.2) is 93.6 Å². The van der Waals surface area contributed by atoms with Crippen LogP contribution in [0.5, 0.6) is 0 Å². The lowest BCUT2D eigenvalue weighted by Gasteiger charge is -2.35. The maximum absolute atomic E-state index is 13.5. The summed E-state index contributed by atoms with van der Waals surface area (Å²) in [6, 6.07) is 23.2. The van der Waals surface area contributed by atoms with Crippen molar-refractivity contribution in [3.8, 4) is 0 Å². The number of benzene rings is 2. The molecule has 0 saturated carbocycles. The summed E-state index contributed by atoms with van der Waals surface area (Å²) in [5.74, 6) is -0.121. The zero-order valence-corrected chi connectivity index (χ0v) is 18.8. The third-order valence-electron chi connectivity index (χ3n) is 5.65. The zero-order chi connectivity index (χ0) is 22.1. The molecule has 7 heteroatoms. The minimum absolute atomic E-state index is 0.155. The number of amides is 1. The minimum atomic E-state index is -3.55. The van der Waals surface area contributed by atoms with Gasteiger partial charge in [-0.05, 0) is 53.3 Å². The highest BCUT2D eigenvalue weighted by Crippen LogP contribution is 2.38.